The van der Waals surface area contributed by atoms with Crippen molar-refractivity contribution in [2.45, 2.75) is 39.5 Å². The van der Waals surface area contributed by atoms with Gasteiger partial charge in [-0.1, -0.05) is 32.0 Å². The zero-order chi connectivity index (χ0) is 14.8. The lowest BCUT2D eigenvalue weighted by atomic mass is 9.70. The second-order valence-corrected chi connectivity index (χ2v) is 7.41. The first-order valence-corrected chi connectivity index (χ1v) is 7.91. The Morgan fingerprint density at radius 1 is 1.29 bits per heavy atom. The number of anilines is 1. The van der Waals surface area contributed by atoms with Gasteiger partial charge in [-0.3, -0.25) is 9.59 Å². The van der Waals surface area contributed by atoms with E-state index in [1.54, 1.807) is 0 Å². The number of benzene rings is 1. The lowest BCUT2D eigenvalue weighted by Gasteiger charge is -2.34. The highest BCUT2D eigenvalue weighted by molar-refractivity contribution is 6.16. The summed E-state index contributed by atoms with van der Waals surface area (Å²) in [6, 6.07) is 8.08. The fraction of sp³-hybridized carbons (Fsp3) is 0.556. The van der Waals surface area contributed by atoms with E-state index in [4.69, 9.17) is 0 Å². The Morgan fingerprint density at radius 2 is 2.05 bits per heavy atom. The van der Waals surface area contributed by atoms with Crippen LogP contribution in [0.1, 0.15) is 38.7 Å². The van der Waals surface area contributed by atoms with E-state index >= 15 is 0 Å². The van der Waals surface area contributed by atoms with Crippen molar-refractivity contribution < 1.29 is 9.59 Å². The van der Waals surface area contributed by atoms with Gasteiger partial charge in [0.1, 0.15) is 5.41 Å². The molecule has 110 valence electrons. The quantitative estimate of drug-likeness (QED) is 0.743. The molecule has 4 rings (SSSR count). The highest BCUT2D eigenvalue weighted by Crippen LogP contribution is 2.61. The predicted octanol–water partition coefficient (Wildman–Crippen LogP) is 2.97. The van der Waals surface area contributed by atoms with Gasteiger partial charge in [0.05, 0.1) is 0 Å². The van der Waals surface area contributed by atoms with Gasteiger partial charge in [0, 0.05) is 17.6 Å². The van der Waals surface area contributed by atoms with Gasteiger partial charge in [0.15, 0.2) is 5.78 Å². The molecule has 2 saturated carbocycles. The largest absolute Gasteiger partial charge is 0.311 e. The van der Waals surface area contributed by atoms with Crippen LogP contribution in [0.5, 0.6) is 0 Å². The lowest BCUT2D eigenvalue weighted by molar-refractivity contribution is -0.143. The van der Waals surface area contributed by atoms with Gasteiger partial charge in [0.2, 0.25) is 5.91 Å². The second-order valence-electron chi connectivity index (χ2n) is 7.41. The van der Waals surface area contributed by atoms with E-state index < -0.39 is 5.41 Å². The zero-order valence-corrected chi connectivity index (χ0v) is 12.7. The monoisotopic (exact) mass is 283 g/mol. The minimum atomic E-state index is -0.731. The van der Waals surface area contributed by atoms with Crippen molar-refractivity contribution in [1.29, 1.82) is 0 Å². The molecule has 2 bridgehead atoms. The summed E-state index contributed by atoms with van der Waals surface area (Å²) in [7, 11) is 0. The van der Waals surface area contributed by atoms with Crippen LogP contribution in [0.25, 0.3) is 0 Å². The zero-order valence-electron chi connectivity index (χ0n) is 12.7. The number of nitrogens with zero attached hydrogens (tertiary/aromatic N) is 1. The van der Waals surface area contributed by atoms with Crippen molar-refractivity contribution in [1.82, 2.24) is 0 Å². The smallest absolute Gasteiger partial charge is 0.240 e. The first-order chi connectivity index (χ1) is 9.97. The molecular weight excluding hydrogens is 262 g/mol. The summed E-state index contributed by atoms with van der Waals surface area (Å²) in [6.07, 6.45) is 3.42. The average Bonchev–Trinajstić information content (AvgIpc) is 3.14. The highest BCUT2D eigenvalue weighted by atomic mass is 16.2. The van der Waals surface area contributed by atoms with Gasteiger partial charge in [-0.05, 0) is 43.2 Å². The van der Waals surface area contributed by atoms with Crippen LogP contribution in [0.4, 0.5) is 5.69 Å². The van der Waals surface area contributed by atoms with E-state index in [-0.39, 0.29) is 17.1 Å². The van der Waals surface area contributed by atoms with E-state index in [1.807, 2.05) is 36.9 Å². The summed E-state index contributed by atoms with van der Waals surface area (Å²) in [5, 5.41) is 0. The van der Waals surface area contributed by atoms with E-state index in [2.05, 4.69) is 6.07 Å². The summed E-state index contributed by atoms with van der Waals surface area (Å²) in [5.74, 6) is 0.623. The Balaban J connectivity index is 1.72. The normalized spacial score (nSPS) is 32.6. The van der Waals surface area contributed by atoms with Crippen LogP contribution < -0.4 is 4.90 Å². The van der Waals surface area contributed by atoms with Crippen LogP contribution in [0.2, 0.25) is 0 Å². The molecular formula is C18H21NO2. The number of rotatable bonds is 1. The maximum absolute atomic E-state index is 13.2. The molecule has 1 aromatic rings. The third-order valence-corrected chi connectivity index (χ3v) is 6.10. The number of carbonyl (C=O) groups excluding carboxylic acids is 2. The molecule has 3 heteroatoms. The van der Waals surface area contributed by atoms with Crippen molar-refractivity contribution >= 4 is 17.4 Å². The van der Waals surface area contributed by atoms with Gasteiger partial charge in [0.25, 0.3) is 0 Å². The minimum absolute atomic E-state index is 0.0607. The number of fused-ring (bicyclic) bond motifs is 3. The number of Topliss-reactive ketones (excluding diaryl/α,β-unsaturated/α-hetero) is 1. The van der Waals surface area contributed by atoms with E-state index in [9.17, 15) is 9.59 Å². The molecule has 2 fully saturated rings. The molecule has 3 aliphatic rings. The molecule has 1 aromatic carbocycles. The van der Waals surface area contributed by atoms with Crippen LogP contribution in [-0.2, 0) is 16.0 Å². The molecule has 1 amide bonds. The molecule has 0 unspecified atom stereocenters. The van der Waals surface area contributed by atoms with E-state index in [1.165, 1.54) is 5.56 Å². The van der Waals surface area contributed by atoms with E-state index in [0.29, 0.717) is 5.92 Å². The van der Waals surface area contributed by atoms with Gasteiger partial charge < -0.3 is 4.90 Å². The first kappa shape index (κ1) is 13.1. The topological polar surface area (TPSA) is 37.4 Å². The minimum Gasteiger partial charge on any atom is -0.311 e. The number of ketones is 1. The standard InChI is InChI=1S/C18H21NO2/c1-17(2)13-7-9-18(11-13,15(17)20)16(21)19-10-8-12-5-3-4-6-14(12)19/h3-6,13H,7-11H2,1-2H3/t13-,18-/m0/s1. The SMILES string of the molecule is CC1(C)C(=O)[C@]2(C(=O)N3CCc4ccccc43)CC[C@H]1C2. The van der Waals surface area contributed by atoms with Gasteiger partial charge in [-0.15, -0.1) is 0 Å². The maximum atomic E-state index is 13.2. The highest BCUT2D eigenvalue weighted by Gasteiger charge is 2.66. The Kier molecular flexibility index (Phi) is 2.46. The molecule has 0 N–H and O–H groups in total. The number of para-hydroxylation sites is 1. The number of carbonyl (C=O) groups is 2. The van der Waals surface area contributed by atoms with Gasteiger partial charge >= 0.3 is 0 Å². The summed E-state index contributed by atoms with van der Waals surface area (Å²) >= 11 is 0. The van der Waals surface area contributed by atoms with Gasteiger partial charge in [-0.25, -0.2) is 0 Å². The number of hydrogen-bond acceptors (Lipinski definition) is 2. The van der Waals surface area contributed by atoms with Crippen LogP contribution in [0.15, 0.2) is 24.3 Å². The van der Waals surface area contributed by atoms with E-state index in [0.717, 1.165) is 37.9 Å². The molecule has 1 heterocycles. The van der Waals surface area contributed by atoms with Gasteiger partial charge in [-0.2, -0.15) is 0 Å². The summed E-state index contributed by atoms with van der Waals surface area (Å²) in [4.78, 5) is 27.9. The Morgan fingerprint density at radius 3 is 2.76 bits per heavy atom. The van der Waals surface area contributed by atoms with Crippen molar-refractivity contribution in [3.05, 3.63) is 29.8 Å². The predicted molar refractivity (Wildman–Crippen MR) is 81.1 cm³/mol. The molecule has 0 spiro atoms. The van der Waals surface area contributed by atoms with Crippen molar-refractivity contribution in [3.63, 3.8) is 0 Å². The van der Waals surface area contributed by atoms with Crippen molar-refractivity contribution in [2.75, 3.05) is 11.4 Å². The number of amides is 1. The fourth-order valence-corrected chi connectivity index (χ4v) is 4.77. The molecule has 21 heavy (non-hydrogen) atoms. The summed E-state index contributed by atoms with van der Waals surface area (Å²) in [6.45, 7) is 4.76. The summed E-state index contributed by atoms with van der Waals surface area (Å²) < 4.78 is 0. The molecule has 3 nitrogen and oxygen atoms in total. The second kappa shape index (κ2) is 3.96. The molecule has 0 saturated heterocycles. The third kappa shape index (κ3) is 1.49. The molecule has 2 aliphatic carbocycles. The molecule has 2 atom stereocenters. The van der Waals surface area contributed by atoms with Crippen LogP contribution in [0, 0.1) is 16.7 Å². The maximum Gasteiger partial charge on any atom is 0.240 e. The molecule has 0 aromatic heterocycles. The molecule has 1 aliphatic heterocycles. The van der Waals surface area contributed by atoms with Crippen LogP contribution >= 0.6 is 0 Å². The Labute approximate surface area is 125 Å². The van der Waals surface area contributed by atoms with Crippen LogP contribution in [0.3, 0.4) is 0 Å². The third-order valence-electron chi connectivity index (χ3n) is 6.10. The number of hydrogen-bond donors (Lipinski definition) is 0. The molecule has 0 radical (unpaired) electrons. The Hall–Kier alpha value is -1.64. The first-order valence-electron chi connectivity index (χ1n) is 7.91. The fourth-order valence-electron chi connectivity index (χ4n) is 4.77. The lowest BCUT2D eigenvalue weighted by Crippen LogP contribution is -2.48. The van der Waals surface area contributed by atoms with Crippen LogP contribution in [-0.4, -0.2) is 18.2 Å². The average molecular weight is 283 g/mol. The summed E-state index contributed by atoms with van der Waals surface area (Å²) in [5.41, 5.74) is 1.18. The van der Waals surface area contributed by atoms with Crippen molar-refractivity contribution in [3.8, 4) is 0 Å². The van der Waals surface area contributed by atoms with Crippen molar-refractivity contribution in [2.24, 2.45) is 16.7 Å². The Bertz CT molecular complexity index is 648.